The van der Waals surface area contributed by atoms with Crippen molar-refractivity contribution in [3.05, 3.63) is 23.3 Å². The molecular weight excluding hydrogens is 200 g/mol. The molecule has 0 heterocycles. The van der Waals surface area contributed by atoms with Crippen LogP contribution in [-0.2, 0) is 9.53 Å². The summed E-state index contributed by atoms with van der Waals surface area (Å²) in [6, 6.07) is 0. The minimum Gasteiger partial charge on any atom is -0.466 e. The van der Waals surface area contributed by atoms with Gasteiger partial charge in [0.15, 0.2) is 0 Å². The van der Waals surface area contributed by atoms with Gasteiger partial charge in [-0.2, -0.15) is 0 Å². The average Bonchev–Trinajstić information content (AvgIpc) is 2.31. The lowest BCUT2D eigenvalue weighted by Crippen LogP contribution is -2.04. The Morgan fingerprint density at radius 2 is 1.88 bits per heavy atom. The Morgan fingerprint density at radius 1 is 1.19 bits per heavy atom. The van der Waals surface area contributed by atoms with Crippen molar-refractivity contribution in [3.8, 4) is 0 Å². The summed E-state index contributed by atoms with van der Waals surface area (Å²) < 4.78 is 4.75. The lowest BCUT2D eigenvalue weighted by atomic mass is 10.0. The Kier molecular flexibility index (Phi) is 8.59. The second-order valence-electron chi connectivity index (χ2n) is 3.80. The van der Waals surface area contributed by atoms with Crippen molar-refractivity contribution in [2.45, 2.75) is 52.9 Å². The number of esters is 1. The van der Waals surface area contributed by atoms with Gasteiger partial charge in [-0.15, -0.1) is 0 Å². The third-order valence-electron chi connectivity index (χ3n) is 2.53. The first-order valence-electron chi connectivity index (χ1n) is 6.14. The number of carbonyl (C=O) groups excluding carboxylic acids is 1. The van der Waals surface area contributed by atoms with Crippen molar-refractivity contribution in [3.63, 3.8) is 0 Å². The molecule has 0 fully saturated rings. The molecular formula is C14H24O2. The lowest BCUT2D eigenvalue weighted by Gasteiger charge is -2.05. The summed E-state index contributed by atoms with van der Waals surface area (Å²) in [6.07, 6.45) is 9.02. The van der Waals surface area contributed by atoms with Crippen LogP contribution in [0.15, 0.2) is 23.3 Å². The van der Waals surface area contributed by atoms with Crippen molar-refractivity contribution in [2.75, 3.05) is 7.11 Å². The number of ether oxygens (including phenoxy) is 1. The average molecular weight is 224 g/mol. The zero-order valence-corrected chi connectivity index (χ0v) is 11.0. The van der Waals surface area contributed by atoms with Crippen LogP contribution in [0.25, 0.3) is 0 Å². The van der Waals surface area contributed by atoms with E-state index in [1.165, 1.54) is 12.7 Å². The zero-order valence-electron chi connectivity index (χ0n) is 11.0. The van der Waals surface area contributed by atoms with E-state index in [1.54, 1.807) is 0 Å². The van der Waals surface area contributed by atoms with Crippen LogP contribution in [0.2, 0.25) is 0 Å². The molecule has 0 amide bonds. The van der Waals surface area contributed by atoms with Gasteiger partial charge in [0.1, 0.15) is 0 Å². The maximum absolute atomic E-state index is 11.4. The Morgan fingerprint density at radius 3 is 2.31 bits per heavy atom. The first-order valence-corrected chi connectivity index (χ1v) is 6.14. The molecule has 0 atom stereocenters. The van der Waals surface area contributed by atoms with Crippen LogP contribution in [-0.4, -0.2) is 13.1 Å². The van der Waals surface area contributed by atoms with Crippen molar-refractivity contribution >= 4 is 5.97 Å². The van der Waals surface area contributed by atoms with E-state index < -0.39 is 0 Å². The van der Waals surface area contributed by atoms with E-state index in [4.69, 9.17) is 4.74 Å². The third-order valence-corrected chi connectivity index (χ3v) is 2.53. The van der Waals surface area contributed by atoms with Crippen LogP contribution >= 0.6 is 0 Å². The molecule has 0 aliphatic carbocycles. The van der Waals surface area contributed by atoms with Gasteiger partial charge in [-0.05, 0) is 25.7 Å². The van der Waals surface area contributed by atoms with Gasteiger partial charge in [0.05, 0.1) is 7.11 Å². The number of carbonyl (C=O) groups is 1. The van der Waals surface area contributed by atoms with Crippen molar-refractivity contribution in [1.82, 2.24) is 0 Å². The first kappa shape index (κ1) is 14.9. The molecule has 0 spiro atoms. The minimum absolute atomic E-state index is 0.204. The van der Waals surface area contributed by atoms with Crippen molar-refractivity contribution in [2.24, 2.45) is 0 Å². The van der Waals surface area contributed by atoms with Crippen molar-refractivity contribution < 1.29 is 9.53 Å². The highest BCUT2D eigenvalue weighted by atomic mass is 16.5. The fraction of sp³-hybridized carbons (Fsp3) is 0.643. The molecule has 0 N–H and O–H groups in total. The van der Waals surface area contributed by atoms with E-state index in [2.05, 4.69) is 19.9 Å². The maximum atomic E-state index is 11.4. The molecule has 0 aromatic rings. The number of rotatable bonds is 7. The molecule has 0 saturated carbocycles. The molecule has 0 saturated heterocycles. The predicted octanol–water partition coefficient (Wildman–Crippen LogP) is 4.02. The van der Waals surface area contributed by atoms with E-state index in [1.807, 2.05) is 13.0 Å². The Balaban J connectivity index is 4.51. The fourth-order valence-corrected chi connectivity index (χ4v) is 1.63. The molecule has 0 rings (SSSR count). The highest BCUT2D eigenvalue weighted by Crippen LogP contribution is 2.14. The van der Waals surface area contributed by atoms with Crippen LogP contribution < -0.4 is 0 Å². The van der Waals surface area contributed by atoms with Crippen LogP contribution in [0.3, 0.4) is 0 Å². The lowest BCUT2D eigenvalue weighted by molar-refractivity contribution is -0.136. The van der Waals surface area contributed by atoms with Gasteiger partial charge < -0.3 is 4.74 Å². The van der Waals surface area contributed by atoms with Crippen LogP contribution in [0.1, 0.15) is 52.9 Å². The third kappa shape index (κ3) is 5.74. The van der Waals surface area contributed by atoms with Gasteiger partial charge in [-0.25, -0.2) is 4.79 Å². The van der Waals surface area contributed by atoms with Gasteiger partial charge in [0.2, 0.25) is 0 Å². The van der Waals surface area contributed by atoms with E-state index in [9.17, 15) is 4.79 Å². The van der Waals surface area contributed by atoms with Crippen molar-refractivity contribution in [1.29, 1.82) is 0 Å². The largest absolute Gasteiger partial charge is 0.466 e. The summed E-state index contributed by atoms with van der Waals surface area (Å²) in [4.78, 5) is 11.4. The summed E-state index contributed by atoms with van der Waals surface area (Å²) in [5, 5.41) is 0. The van der Waals surface area contributed by atoms with Gasteiger partial charge in [0, 0.05) is 5.57 Å². The van der Waals surface area contributed by atoms with Gasteiger partial charge in [-0.3, -0.25) is 0 Å². The highest BCUT2D eigenvalue weighted by Gasteiger charge is 2.07. The second kappa shape index (κ2) is 9.20. The van der Waals surface area contributed by atoms with Crippen LogP contribution in [0.5, 0.6) is 0 Å². The molecule has 0 aromatic heterocycles. The standard InChI is InChI=1S/C14H24O2/c1-5-8-12(7-3)10-11-13(9-6-2)14(15)16-4/h9-10H,5-8,11H2,1-4H3/b12-10+,13-9+. The molecule has 2 heteroatoms. The molecule has 0 aliphatic heterocycles. The number of methoxy groups -OCH3 is 1. The van der Waals surface area contributed by atoms with Crippen LogP contribution in [0, 0.1) is 0 Å². The van der Waals surface area contributed by atoms with Crippen LogP contribution in [0.4, 0.5) is 0 Å². The summed E-state index contributed by atoms with van der Waals surface area (Å²) in [7, 11) is 1.43. The first-order chi connectivity index (χ1) is 7.69. The topological polar surface area (TPSA) is 26.3 Å². The van der Waals surface area contributed by atoms with E-state index in [0.717, 1.165) is 31.3 Å². The van der Waals surface area contributed by atoms with Gasteiger partial charge in [0.25, 0.3) is 0 Å². The zero-order chi connectivity index (χ0) is 12.4. The van der Waals surface area contributed by atoms with E-state index in [-0.39, 0.29) is 5.97 Å². The van der Waals surface area contributed by atoms with Gasteiger partial charge in [-0.1, -0.05) is 44.9 Å². The molecule has 0 radical (unpaired) electrons. The predicted molar refractivity (Wildman–Crippen MR) is 68.3 cm³/mol. The molecule has 0 aromatic carbocycles. The van der Waals surface area contributed by atoms with E-state index in [0.29, 0.717) is 6.42 Å². The molecule has 0 unspecified atom stereocenters. The smallest absolute Gasteiger partial charge is 0.333 e. The summed E-state index contributed by atoms with van der Waals surface area (Å²) in [5.74, 6) is -0.204. The molecule has 2 nitrogen and oxygen atoms in total. The van der Waals surface area contributed by atoms with Gasteiger partial charge >= 0.3 is 5.97 Å². The number of allylic oxidation sites excluding steroid dienone is 3. The SMILES string of the molecule is CC/C=C(\C/C=C(\CC)CCC)C(=O)OC. The summed E-state index contributed by atoms with van der Waals surface area (Å²) in [5.41, 5.74) is 2.19. The monoisotopic (exact) mass is 224 g/mol. The molecule has 16 heavy (non-hydrogen) atoms. The Labute approximate surface area is 99.4 Å². The summed E-state index contributed by atoms with van der Waals surface area (Å²) >= 11 is 0. The minimum atomic E-state index is -0.204. The number of hydrogen-bond acceptors (Lipinski definition) is 2. The quantitative estimate of drug-likeness (QED) is 0.371. The maximum Gasteiger partial charge on any atom is 0.333 e. The second-order valence-corrected chi connectivity index (χ2v) is 3.80. The molecule has 0 aliphatic rings. The Hall–Kier alpha value is -1.05. The Bertz CT molecular complexity index is 262. The summed E-state index contributed by atoms with van der Waals surface area (Å²) in [6.45, 7) is 6.36. The molecule has 92 valence electrons. The molecule has 0 bridgehead atoms. The number of hydrogen-bond donors (Lipinski definition) is 0. The normalized spacial score (nSPS) is 12.8. The fourth-order valence-electron chi connectivity index (χ4n) is 1.63. The highest BCUT2D eigenvalue weighted by molar-refractivity contribution is 5.88. The van der Waals surface area contributed by atoms with E-state index >= 15 is 0 Å².